The molecule has 0 saturated heterocycles. The molecule has 0 radical (unpaired) electrons. The van der Waals surface area contributed by atoms with E-state index < -0.39 is 0 Å². The molecule has 3 heteroatoms. The summed E-state index contributed by atoms with van der Waals surface area (Å²) in [5.74, 6) is 1.19. The summed E-state index contributed by atoms with van der Waals surface area (Å²) >= 11 is 1.95. The molecule has 0 aromatic heterocycles. The fraction of sp³-hybridized carbons (Fsp3) is 0.971. The highest BCUT2D eigenvalue weighted by Gasteiger charge is 2.10. The minimum Gasteiger partial charge on any atom is -0.466 e. The van der Waals surface area contributed by atoms with Crippen LogP contribution in [-0.4, -0.2) is 23.6 Å². The quantitative estimate of drug-likeness (QED) is 0.0611. The van der Waals surface area contributed by atoms with Crippen molar-refractivity contribution < 1.29 is 9.53 Å². The van der Waals surface area contributed by atoms with Crippen molar-refractivity contribution >= 4 is 17.7 Å². The van der Waals surface area contributed by atoms with Crippen molar-refractivity contribution in [3.05, 3.63) is 0 Å². The van der Waals surface area contributed by atoms with Gasteiger partial charge in [0.2, 0.25) is 0 Å². The summed E-state index contributed by atoms with van der Waals surface area (Å²) in [6, 6.07) is 0. The van der Waals surface area contributed by atoms with Gasteiger partial charge in [-0.05, 0) is 18.6 Å². The summed E-state index contributed by atoms with van der Waals surface area (Å²) in [6.07, 6.45) is 37.8. The van der Waals surface area contributed by atoms with Gasteiger partial charge in [-0.3, -0.25) is 4.79 Å². The normalized spacial score (nSPS) is 12.2. The Hall–Kier alpha value is -0.180. The Morgan fingerprint density at radius 2 is 0.816 bits per heavy atom. The van der Waals surface area contributed by atoms with Crippen LogP contribution < -0.4 is 0 Å². The molecule has 0 rings (SSSR count). The van der Waals surface area contributed by atoms with Gasteiger partial charge in [0.1, 0.15) is 0 Å². The monoisotopic (exact) mass is 555 g/mol. The summed E-state index contributed by atoms with van der Waals surface area (Å²) in [6.45, 7) is 7.37. The Balaban J connectivity index is 3.26. The number of carbonyl (C=O) groups excluding carboxylic acids is 1. The van der Waals surface area contributed by atoms with Crippen LogP contribution in [0.5, 0.6) is 0 Å². The lowest BCUT2D eigenvalue weighted by atomic mass is 10.0. The number of unbranched alkanes of at least 4 members (excludes halogenated alkanes) is 25. The van der Waals surface area contributed by atoms with E-state index in [1.807, 2.05) is 11.8 Å². The van der Waals surface area contributed by atoms with Crippen molar-refractivity contribution in [1.82, 2.24) is 0 Å². The van der Waals surface area contributed by atoms with Crippen LogP contribution in [0.3, 0.4) is 0 Å². The average molecular weight is 555 g/mol. The molecule has 1 unspecified atom stereocenters. The zero-order valence-electron chi connectivity index (χ0n) is 26.5. The van der Waals surface area contributed by atoms with E-state index in [9.17, 15) is 4.79 Å². The van der Waals surface area contributed by atoms with E-state index in [4.69, 9.17) is 4.74 Å². The van der Waals surface area contributed by atoms with Gasteiger partial charge < -0.3 is 4.74 Å². The zero-order valence-corrected chi connectivity index (χ0v) is 27.3. The van der Waals surface area contributed by atoms with Crippen LogP contribution in [0.25, 0.3) is 0 Å². The van der Waals surface area contributed by atoms with Gasteiger partial charge in [0, 0.05) is 5.25 Å². The lowest BCUT2D eigenvalue weighted by molar-refractivity contribution is -0.143. The van der Waals surface area contributed by atoms with E-state index in [1.54, 1.807) is 0 Å². The molecule has 0 bridgehead atoms. The van der Waals surface area contributed by atoms with Crippen molar-refractivity contribution in [2.45, 2.75) is 206 Å². The molecule has 0 amide bonds. The van der Waals surface area contributed by atoms with Gasteiger partial charge >= 0.3 is 5.97 Å². The molecule has 0 saturated carbocycles. The van der Waals surface area contributed by atoms with Crippen LogP contribution in [0, 0.1) is 0 Å². The third kappa shape index (κ3) is 32.0. The Morgan fingerprint density at radius 3 is 1.18 bits per heavy atom. The number of thioether (sulfide) groups is 1. The van der Waals surface area contributed by atoms with Gasteiger partial charge in [0.05, 0.1) is 13.0 Å². The smallest absolute Gasteiger partial charge is 0.306 e. The molecule has 0 aromatic rings. The van der Waals surface area contributed by atoms with E-state index in [0.29, 0.717) is 18.3 Å². The number of esters is 1. The highest BCUT2D eigenvalue weighted by Crippen LogP contribution is 2.19. The van der Waals surface area contributed by atoms with Crippen molar-refractivity contribution in [2.24, 2.45) is 0 Å². The van der Waals surface area contributed by atoms with E-state index in [2.05, 4.69) is 20.8 Å². The fourth-order valence-corrected chi connectivity index (χ4v) is 6.27. The lowest BCUT2D eigenvalue weighted by Gasteiger charge is -2.11. The number of hydrogen-bond donors (Lipinski definition) is 0. The maximum absolute atomic E-state index is 12.1. The standard InChI is InChI=1S/C35H70O2S/c1-4-6-8-10-12-14-16-17-18-19-20-21-23-25-27-29-31-37-35(36)33-34(3)38-32-30-28-26-24-22-15-13-11-9-7-5-2/h34H,4-33H2,1-3H3. The third-order valence-electron chi connectivity index (χ3n) is 7.87. The highest BCUT2D eigenvalue weighted by molar-refractivity contribution is 7.99. The van der Waals surface area contributed by atoms with Crippen LogP contribution >= 0.6 is 11.8 Å². The molecule has 228 valence electrons. The van der Waals surface area contributed by atoms with E-state index in [1.165, 1.54) is 173 Å². The van der Waals surface area contributed by atoms with Gasteiger partial charge in [0.25, 0.3) is 0 Å². The van der Waals surface area contributed by atoms with Gasteiger partial charge in [-0.15, -0.1) is 0 Å². The minimum absolute atomic E-state index is 0.00453. The number of ether oxygens (including phenoxy) is 1. The van der Waals surface area contributed by atoms with E-state index in [-0.39, 0.29) is 5.97 Å². The Kier molecular flexibility index (Phi) is 32.9. The average Bonchev–Trinajstić information content (AvgIpc) is 2.91. The highest BCUT2D eigenvalue weighted by atomic mass is 32.2. The first-order valence-electron chi connectivity index (χ1n) is 17.5. The van der Waals surface area contributed by atoms with Crippen molar-refractivity contribution in [1.29, 1.82) is 0 Å². The summed E-state index contributed by atoms with van der Waals surface area (Å²) in [7, 11) is 0. The van der Waals surface area contributed by atoms with Crippen molar-refractivity contribution in [3.8, 4) is 0 Å². The molecule has 0 heterocycles. The van der Waals surface area contributed by atoms with E-state index >= 15 is 0 Å². The molecule has 2 nitrogen and oxygen atoms in total. The predicted molar refractivity (Wildman–Crippen MR) is 174 cm³/mol. The maximum atomic E-state index is 12.1. The molecule has 0 fully saturated rings. The number of rotatable bonds is 32. The van der Waals surface area contributed by atoms with Gasteiger partial charge in [-0.25, -0.2) is 0 Å². The first-order chi connectivity index (χ1) is 18.7. The van der Waals surface area contributed by atoms with Gasteiger partial charge in [-0.1, -0.05) is 181 Å². The summed E-state index contributed by atoms with van der Waals surface area (Å²) < 4.78 is 5.49. The molecule has 38 heavy (non-hydrogen) atoms. The summed E-state index contributed by atoms with van der Waals surface area (Å²) in [5.41, 5.74) is 0. The second kappa shape index (κ2) is 33.0. The Morgan fingerprint density at radius 1 is 0.500 bits per heavy atom. The second-order valence-electron chi connectivity index (χ2n) is 11.9. The van der Waals surface area contributed by atoms with Crippen molar-refractivity contribution in [2.75, 3.05) is 12.4 Å². The second-order valence-corrected chi connectivity index (χ2v) is 13.5. The largest absolute Gasteiger partial charge is 0.466 e. The SMILES string of the molecule is CCCCCCCCCCCCCCCCCCOC(=O)CC(C)SCCCCCCCCCCCCC. The molecule has 0 aliphatic carbocycles. The fourth-order valence-electron chi connectivity index (χ4n) is 5.24. The first-order valence-corrected chi connectivity index (χ1v) is 18.5. The van der Waals surface area contributed by atoms with Crippen LogP contribution in [-0.2, 0) is 9.53 Å². The minimum atomic E-state index is 0.00453. The molecule has 1 atom stereocenters. The van der Waals surface area contributed by atoms with Gasteiger partial charge in [0.15, 0.2) is 0 Å². The molecule has 0 spiro atoms. The molecular weight excluding hydrogens is 484 g/mol. The predicted octanol–water partition coefficient (Wildman–Crippen LogP) is 12.6. The molecule has 0 aliphatic heterocycles. The van der Waals surface area contributed by atoms with E-state index in [0.717, 1.165) is 6.42 Å². The number of hydrogen-bond acceptors (Lipinski definition) is 3. The lowest BCUT2D eigenvalue weighted by Crippen LogP contribution is -2.12. The molecular formula is C35H70O2S. The zero-order chi connectivity index (χ0) is 27.8. The van der Waals surface area contributed by atoms with Crippen LogP contribution in [0.2, 0.25) is 0 Å². The molecule has 0 aliphatic rings. The van der Waals surface area contributed by atoms with Crippen LogP contribution in [0.1, 0.15) is 201 Å². The first kappa shape index (κ1) is 37.8. The Bertz CT molecular complexity index is 453. The Labute approximate surface area is 245 Å². The van der Waals surface area contributed by atoms with Crippen molar-refractivity contribution in [3.63, 3.8) is 0 Å². The number of carbonyl (C=O) groups is 1. The maximum Gasteiger partial charge on any atom is 0.306 e. The molecule has 0 aromatic carbocycles. The van der Waals surface area contributed by atoms with Gasteiger partial charge in [-0.2, -0.15) is 11.8 Å². The summed E-state index contributed by atoms with van der Waals surface area (Å²) in [5, 5.41) is 0.386. The van der Waals surface area contributed by atoms with Crippen LogP contribution in [0.15, 0.2) is 0 Å². The topological polar surface area (TPSA) is 26.3 Å². The molecule has 0 N–H and O–H groups in total. The third-order valence-corrected chi connectivity index (χ3v) is 9.13. The summed E-state index contributed by atoms with van der Waals surface area (Å²) in [4.78, 5) is 12.1. The van der Waals surface area contributed by atoms with Crippen LogP contribution in [0.4, 0.5) is 0 Å².